The lowest BCUT2D eigenvalue weighted by Gasteiger charge is -2.07. The number of amides is 1. The summed E-state index contributed by atoms with van der Waals surface area (Å²) >= 11 is 5.97. The minimum Gasteiger partial charge on any atom is -0.305 e. The van der Waals surface area contributed by atoms with Gasteiger partial charge in [-0.05, 0) is 54.7 Å². The molecule has 3 nitrogen and oxygen atoms in total. The maximum absolute atomic E-state index is 12.2. The molecule has 1 aromatic carbocycles. The van der Waals surface area contributed by atoms with Crippen LogP contribution in [-0.4, -0.2) is 10.9 Å². The molecule has 19 heavy (non-hydrogen) atoms. The monoisotopic (exact) mass is 272 g/mol. The number of benzene rings is 1. The number of hydrogen-bond donors (Lipinski definition) is 1. The summed E-state index contributed by atoms with van der Waals surface area (Å²) in [4.78, 5) is 16.2. The van der Waals surface area contributed by atoms with Crippen LogP contribution in [0.4, 0.5) is 5.82 Å². The molecule has 0 aliphatic heterocycles. The van der Waals surface area contributed by atoms with E-state index >= 15 is 0 Å². The van der Waals surface area contributed by atoms with Crippen molar-refractivity contribution in [1.82, 2.24) is 4.98 Å². The second-order valence-corrected chi connectivity index (χ2v) is 5.03. The number of aryl methyl sites for hydroxylation is 2. The van der Waals surface area contributed by atoms with Gasteiger partial charge in [0, 0.05) is 11.8 Å². The lowest BCUT2D eigenvalue weighted by atomic mass is 10.1. The Balaban J connectivity index is 1.83. The van der Waals surface area contributed by atoms with Crippen LogP contribution in [0.25, 0.3) is 0 Å². The van der Waals surface area contributed by atoms with E-state index in [1.807, 2.05) is 18.2 Å². The molecule has 1 aliphatic rings. The van der Waals surface area contributed by atoms with Gasteiger partial charge in [-0.15, -0.1) is 0 Å². The van der Waals surface area contributed by atoms with E-state index in [1.54, 1.807) is 18.3 Å². The highest BCUT2D eigenvalue weighted by Gasteiger charge is 2.14. The first-order valence-electron chi connectivity index (χ1n) is 6.28. The van der Waals surface area contributed by atoms with Gasteiger partial charge in [-0.2, -0.15) is 0 Å². The molecule has 0 bridgehead atoms. The van der Waals surface area contributed by atoms with E-state index in [-0.39, 0.29) is 5.91 Å². The quantitative estimate of drug-likeness (QED) is 0.909. The van der Waals surface area contributed by atoms with Gasteiger partial charge in [0.2, 0.25) is 0 Å². The number of pyridine rings is 1. The van der Waals surface area contributed by atoms with Crippen LogP contribution in [-0.2, 0) is 12.8 Å². The number of carbonyl (C=O) groups excluding carboxylic acids is 1. The molecule has 3 rings (SSSR count). The number of halogens is 1. The molecule has 0 unspecified atom stereocenters. The van der Waals surface area contributed by atoms with Gasteiger partial charge in [-0.3, -0.25) is 4.79 Å². The largest absolute Gasteiger partial charge is 0.305 e. The molecule has 96 valence electrons. The number of nitrogens with one attached hydrogen (secondary N) is 1. The third kappa shape index (κ3) is 2.47. The van der Waals surface area contributed by atoms with E-state index in [0.29, 0.717) is 16.4 Å². The van der Waals surface area contributed by atoms with Gasteiger partial charge in [0.15, 0.2) is 5.82 Å². The number of anilines is 1. The highest BCUT2D eigenvalue weighted by atomic mass is 35.5. The summed E-state index contributed by atoms with van der Waals surface area (Å²) in [5.41, 5.74) is 3.29. The molecule has 0 radical (unpaired) electrons. The minimum atomic E-state index is -0.171. The van der Waals surface area contributed by atoms with E-state index in [0.717, 1.165) is 12.8 Å². The highest BCUT2D eigenvalue weighted by molar-refractivity contribution is 6.33. The molecule has 0 saturated heterocycles. The van der Waals surface area contributed by atoms with Crippen molar-refractivity contribution in [3.8, 4) is 0 Å². The van der Waals surface area contributed by atoms with Crippen LogP contribution in [0, 0.1) is 0 Å². The summed E-state index contributed by atoms with van der Waals surface area (Å²) in [6.45, 7) is 0. The fraction of sp³-hybridized carbons (Fsp3) is 0.200. The first-order valence-corrected chi connectivity index (χ1v) is 6.65. The van der Waals surface area contributed by atoms with Crippen LogP contribution in [0.5, 0.6) is 0 Å². The molecule has 1 amide bonds. The predicted molar refractivity (Wildman–Crippen MR) is 75.7 cm³/mol. The Hall–Kier alpha value is -1.87. The minimum absolute atomic E-state index is 0.171. The van der Waals surface area contributed by atoms with Gasteiger partial charge in [0.05, 0.1) is 5.02 Å². The van der Waals surface area contributed by atoms with Crippen molar-refractivity contribution in [3.63, 3.8) is 0 Å². The summed E-state index contributed by atoms with van der Waals surface area (Å²) in [5, 5.41) is 3.18. The van der Waals surface area contributed by atoms with Gasteiger partial charge >= 0.3 is 0 Å². The van der Waals surface area contributed by atoms with E-state index in [2.05, 4.69) is 10.3 Å². The van der Waals surface area contributed by atoms with Crippen LogP contribution < -0.4 is 5.32 Å². The van der Waals surface area contributed by atoms with Crippen LogP contribution in [0.2, 0.25) is 5.02 Å². The molecule has 1 aliphatic carbocycles. The Morgan fingerprint density at radius 3 is 2.89 bits per heavy atom. The Bertz CT molecular complexity index is 640. The molecule has 1 aromatic heterocycles. The van der Waals surface area contributed by atoms with Crippen molar-refractivity contribution < 1.29 is 4.79 Å². The Kier molecular flexibility index (Phi) is 3.22. The molecule has 0 spiro atoms. The second-order valence-electron chi connectivity index (χ2n) is 4.62. The standard InChI is InChI=1S/C15H13ClN2O/c16-13-5-2-8-17-14(13)18-15(19)12-7-6-10-3-1-4-11(10)9-12/h2,5-9H,1,3-4H2,(H,17,18,19). The number of aromatic nitrogens is 1. The third-order valence-electron chi connectivity index (χ3n) is 3.35. The molecule has 0 atom stereocenters. The fourth-order valence-electron chi connectivity index (χ4n) is 2.37. The number of nitrogens with zero attached hydrogens (tertiary/aromatic N) is 1. The number of carbonyl (C=O) groups is 1. The van der Waals surface area contributed by atoms with Crippen LogP contribution in [0.3, 0.4) is 0 Å². The molecular weight excluding hydrogens is 260 g/mol. The molecule has 0 fully saturated rings. The number of rotatable bonds is 2. The van der Waals surface area contributed by atoms with Crippen molar-refractivity contribution in [3.05, 3.63) is 58.2 Å². The maximum atomic E-state index is 12.2. The zero-order valence-electron chi connectivity index (χ0n) is 10.3. The van der Waals surface area contributed by atoms with Crippen molar-refractivity contribution in [2.24, 2.45) is 0 Å². The van der Waals surface area contributed by atoms with Gasteiger partial charge in [0.25, 0.3) is 5.91 Å². The first-order chi connectivity index (χ1) is 9.24. The van der Waals surface area contributed by atoms with Crippen LogP contribution >= 0.6 is 11.6 Å². The summed E-state index contributed by atoms with van der Waals surface area (Å²) < 4.78 is 0. The predicted octanol–water partition coefficient (Wildman–Crippen LogP) is 3.48. The first kappa shape index (κ1) is 12.2. The zero-order chi connectivity index (χ0) is 13.2. The Labute approximate surface area is 116 Å². The van der Waals surface area contributed by atoms with Gasteiger partial charge in [-0.25, -0.2) is 4.98 Å². The summed E-state index contributed by atoms with van der Waals surface area (Å²) in [7, 11) is 0. The van der Waals surface area contributed by atoms with E-state index < -0.39 is 0 Å². The molecule has 1 N–H and O–H groups in total. The van der Waals surface area contributed by atoms with Crippen LogP contribution in [0.1, 0.15) is 27.9 Å². The lowest BCUT2D eigenvalue weighted by molar-refractivity contribution is 0.102. The number of hydrogen-bond acceptors (Lipinski definition) is 2. The number of fused-ring (bicyclic) bond motifs is 1. The third-order valence-corrected chi connectivity index (χ3v) is 3.66. The van der Waals surface area contributed by atoms with E-state index in [4.69, 9.17) is 11.6 Å². The van der Waals surface area contributed by atoms with Crippen molar-refractivity contribution in [2.45, 2.75) is 19.3 Å². The van der Waals surface area contributed by atoms with Crippen LogP contribution in [0.15, 0.2) is 36.5 Å². The normalized spacial score (nSPS) is 13.1. The summed E-state index contributed by atoms with van der Waals surface area (Å²) in [6.07, 6.45) is 4.95. The van der Waals surface area contributed by atoms with Crippen molar-refractivity contribution >= 4 is 23.3 Å². The van der Waals surface area contributed by atoms with Gasteiger partial charge < -0.3 is 5.32 Å². The molecular formula is C15H13ClN2O. The SMILES string of the molecule is O=C(Nc1ncccc1Cl)c1ccc2c(c1)CCC2. The molecule has 0 saturated carbocycles. The fourth-order valence-corrected chi connectivity index (χ4v) is 2.54. The second kappa shape index (κ2) is 5.02. The average molecular weight is 273 g/mol. The molecule has 4 heteroatoms. The smallest absolute Gasteiger partial charge is 0.256 e. The molecule has 1 heterocycles. The molecule has 2 aromatic rings. The Morgan fingerprint density at radius 1 is 1.21 bits per heavy atom. The topological polar surface area (TPSA) is 42.0 Å². The maximum Gasteiger partial charge on any atom is 0.256 e. The van der Waals surface area contributed by atoms with Gasteiger partial charge in [0.1, 0.15) is 0 Å². The highest BCUT2D eigenvalue weighted by Crippen LogP contribution is 2.24. The van der Waals surface area contributed by atoms with Crippen molar-refractivity contribution in [1.29, 1.82) is 0 Å². The lowest BCUT2D eigenvalue weighted by Crippen LogP contribution is -2.13. The van der Waals surface area contributed by atoms with Gasteiger partial charge in [-0.1, -0.05) is 17.7 Å². The zero-order valence-corrected chi connectivity index (χ0v) is 11.1. The summed E-state index contributed by atoms with van der Waals surface area (Å²) in [5.74, 6) is 0.227. The van der Waals surface area contributed by atoms with E-state index in [9.17, 15) is 4.79 Å². The summed E-state index contributed by atoms with van der Waals surface area (Å²) in [6, 6.07) is 9.29. The Morgan fingerprint density at radius 2 is 2.05 bits per heavy atom. The van der Waals surface area contributed by atoms with Crippen molar-refractivity contribution in [2.75, 3.05) is 5.32 Å². The average Bonchev–Trinajstić information content (AvgIpc) is 2.88. The van der Waals surface area contributed by atoms with E-state index in [1.165, 1.54) is 17.5 Å².